The molecule has 0 aliphatic carbocycles. The Bertz CT molecular complexity index is 1260. The van der Waals surface area contributed by atoms with E-state index in [1.165, 1.54) is 6.07 Å². The summed E-state index contributed by atoms with van der Waals surface area (Å²) >= 11 is 12.1. The highest BCUT2D eigenvalue weighted by atomic mass is 35.5. The molecule has 0 aliphatic rings. The van der Waals surface area contributed by atoms with Crippen LogP contribution in [0.2, 0.25) is 10.0 Å². The number of rotatable bonds is 10. The van der Waals surface area contributed by atoms with Gasteiger partial charge in [0.1, 0.15) is 17.5 Å². The van der Waals surface area contributed by atoms with Gasteiger partial charge >= 0.3 is 0 Å². The molecule has 190 valence electrons. The molecule has 2 amide bonds. The van der Waals surface area contributed by atoms with Crippen LogP contribution in [-0.4, -0.2) is 37.3 Å². The number of nitrogens with one attached hydrogen (secondary N) is 2. The van der Waals surface area contributed by atoms with Crippen LogP contribution in [0, 0.1) is 5.92 Å². The Morgan fingerprint density at radius 2 is 1.72 bits per heavy atom. The van der Waals surface area contributed by atoms with Gasteiger partial charge in [-0.3, -0.25) is 9.59 Å². The van der Waals surface area contributed by atoms with Gasteiger partial charge in [0.05, 0.1) is 18.3 Å². The minimum Gasteiger partial charge on any atom is -0.496 e. The minimum absolute atomic E-state index is 0.144. The summed E-state index contributed by atoms with van der Waals surface area (Å²) in [5.41, 5.74) is 3.28. The summed E-state index contributed by atoms with van der Waals surface area (Å²) in [7, 11) is 1.58. The third-order valence-corrected chi connectivity index (χ3v) is 5.96. The second-order valence-electron chi connectivity index (χ2n) is 8.66. The van der Waals surface area contributed by atoms with E-state index in [0.717, 1.165) is 16.3 Å². The van der Waals surface area contributed by atoms with Crippen molar-refractivity contribution in [2.45, 2.75) is 39.3 Å². The highest BCUT2D eigenvalue weighted by molar-refractivity contribution is 6.35. The normalized spacial score (nSPS) is 13.0. The molecule has 3 aromatic carbocycles. The van der Waals surface area contributed by atoms with Crippen LogP contribution in [-0.2, 0) is 9.59 Å². The summed E-state index contributed by atoms with van der Waals surface area (Å²) in [4.78, 5) is 25.8. The fourth-order valence-electron chi connectivity index (χ4n) is 3.63. The average Bonchev–Trinajstić information content (AvgIpc) is 2.84. The monoisotopic (exact) mass is 529 g/mol. The van der Waals surface area contributed by atoms with Gasteiger partial charge in [-0.15, -0.1) is 0 Å². The Labute approximate surface area is 220 Å². The van der Waals surface area contributed by atoms with Crippen LogP contribution >= 0.6 is 23.2 Å². The van der Waals surface area contributed by atoms with Crippen molar-refractivity contribution < 1.29 is 19.1 Å². The number of hydrogen-bond donors (Lipinski definition) is 2. The van der Waals surface area contributed by atoms with Crippen molar-refractivity contribution in [1.82, 2.24) is 10.7 Å². The third kappa shape index (κ3) is 7.12. The zero-order valence-electron chi connectivity index (χ0n) is 20.5. The lowest BCUT2D eigenvalue weighted by Gasteiger charge is -2.22. The van der Waals surface area contributed by atoms with E-state index in [-0.39, 0.29) is 10.9 Å². The molecule has 0 aliphatic heterocycles. The van der Waals surface area contributed by atoms with E-state index >= 15 is 0 Å². The molecule has 0 radical (unpaired) electrons. The topological polar surface area (TPSA) is 89.0 Å². The zero-order chi connectivity index (χ0) is 26.2. The molecule has 2 atom stereocenters. The number of fused-ring (bicyclic) bond motifs is 1. The molecule has 0 saturated carbocycles. The lowest BCUT2D eigenvalue weighted by Crippen LogP contribution is -2.49. The molecule has 0 fully saturated rings. The molecule has 0 aromatic heterocycles. The van der Waals surface area contributed by atoms with Crippen LogP contribution in [0.1, 0.15) is 32.8 Å². The largest absolute Gasteiger partial charge is 0.496 e. The molecule has 3 rings (SSSR count). The van der Waals surface area contributed by atoms with Gasteiger partial charge in [0.2, 0.25) is 0 Å². The molecular formula is C27H29Cl2N3O4. The van der Waals surface area contributed by atoms with Gasteiger partial charge in [-0.25, -0.2) is 5.43 Å². The number of hydrazone groups is 1. The lowest BCUT2D eigenvalue weighted by atomic mass is 10.0. The van der Waals surface area contributed by atoms with Gasteiger partial charge < -0.3 is 14.8 Å². The fourth-order valence-corrected chi connectivity index (χ4v) is 4.08. The molecule has 2 N–H and O–H groups in total. The predicted molar refractivity (Wildman–Crippen MR) is 144 cm³/mol. The van der Waals surface area contributed by atoms with Crippen molar-refractivity contribution in [2.24, 2.45) is 11.0 Å². The van der Waals surface area contributed by atoms with E-state index in [9.17, 15) is 9.59 Å². The van der Waals surface area contributed by atoms with E-state index in [4.69, 9.17) is 32.7 Å². The van der Waals surface area contributed by atoms with Crippen molar-refractivity contribution in [3.8, 4) is 11.5 Å². The molecule has 0 saturated heterocycles. The number of methoxy groups -OCH3 is 1. The fraction of sp³-hybridized carbons (Fsp3) is 0.296. The summed E-state index contributed by atoms with van der Waals surface area (Å²) in [5.74, 6) is 0.198. The predicted octanol–water partition coefficient (Wildman–Crippen LogP) is 5.60. The number of benzene rings is 3. The van der Waals surface area contributed by atoms with Crippen molar-refractivity contribution in [1.29, 1.82) is 0 Å². The average molecular weight is 530 g/mol. The second-order valence-corrected chi connectivity index (χ2v) is 9.51. The number of hydrogen-bond acceptors (Lipinski definition) is 5. The highest BCUT2D eigenvalue weighted by Crippen LogP contribution is 2.28. The first-order chi connectivity index (χ1) is 17.2. The SMILES string of the molecule is COc1ccc2ccccc2c1/C=N\NC(=O)[C@@H](CC(C)C)NC(=O)[C@H](C)Oc1ccc(Cl)cc1Cl. The Morgan fingerprint density at radius 3 is 2.42 bits per heavy atom. The maximum atomic E-state index is 12.9. The molecule has 7 nitrogen and oxygen atoms in total. The van der Waals surface area contributed by atoms with Crippen molar-refractivity contribution in [2.75, 3.05) is 7.11 Å². The van der Waals surface area contributed by atoms with Gasteiger partial charge in [-0.05, 0) is 54.3 Å². The lowest BCUT2D eigenvalue weighted by molar-refractivity contribution is -0.132. The molecule has 36 heavy (non-hydrogen) atoms. The van der Waals surface area contributed by atoms with Crippen molar-refractivity contribution in [3.05, 3.63) is 70.2 Å². The van der Waals surface area contributed by atoms with E-state index in [2.05, 4.69) is 15.8 Å². The maximum absolute atomic E-state index is 12.9. The summed E-state index contributed by atoms with van der Waals surface area (Å²) in [6.07, 6.45) is 1.07. The number of ether oxygens (including phenoxy) is 2. The van der Waals surface area contributed by atoms with Crippen molar-refractivity contribution in [3.63, 3.8) is 0 Å². The number of halogens is 2. The van der Waals surface area contributed by atoms with Gasteiger partial charge in [0, 0.05) is 10.6 Å². The molecule has 0 bridgehead atoms. The first-order valence-electron chi connectivity index (χ1n) is 11.5. The van der Waals surface area contributed by atoms with Gasteiger partial charge in [-0.2, -0.15) is 5.10 Å². The van der Waals surface area contributed by atoms with Gasteiger partial charge in [0.15, 0.2) is 6.10 Å². The highest BCUT2D eigenvalue weighted by Gasteiger charge is 2.25. The second kappa shape index (κ2) is 12.6. The minimum atomic E-state index is -0.894. The number of nitrogens with zero attached hydrogens (tertiary/aromatic N) is 1. The van der Waals surface area contributed by atoms with Crippen LogP contribution in [0.4, 0.5) is 0 Å². The zero-order valence-corrected chi connectivity index (χ0v) is 22.1. The van der Waals surface area contributed by atoms with Gasteiger partial charge in [0.25, 0.3) is 11.8 Å². The standard InChI is InChI=1S/C27H29Cl2N3O4/c1-16(2)13-23(31-26(33)17(3)36-25-12-10-19(28)14-22(25)29)27(34)32-30-15-21-20-8-6-5-7-18(20)9-11-24(21)35-4/h5-12,14-17,23H,13H2,1-4H3,(H,31,33)(H,32,34)/b30-15-/t17-,23+/m0/s1. The summed E-state index contributed by atoms with van der Waals surface area (Å²) in [5, 5.41) is 9.61. The Balaban J connectivity index is 1.70. The quantitative estimate of drug-likeness (QED) is 0.264. The number of amides is 2. The van der Waals surface area contributed by atoms with E-state index < -0.39 is 24.0 Å². The Kier molecular flexibility index (Phi) is 9.56. The summed E-state index contributed by atoms with van der Waals surface area (Å²) in [6.45, 7) is 5.50. The van der Waals surface area contributed by atoms with Crippen molar-refractivity contribution >= 4 is 52.0 Å². The maximum Gasteiger partial charge on any atom is 0.262 e. The van der Waals surface area contributed by atoms with Crippen LogP contribution in [0.25, 0.3) is 10.8 Å². The van der Waals surface area contributed by atoms with Crippen LogP contribution in [0.5, 0.6) is 11.5 Å². The first-order valence-corrected chi connectivity index (χ1v) is 12.3. The number of carbonyl (C=O) groups is 2. The summed E-state index contributed by atoms with van der Waals surface area (Å²) in [6, 6.07) is 15.5. The smallest absolute Gasteiger partial charge is 0.262 e. The van der Waals surface area contributed by atoms with Crippen LogP contribution < -0.4 is 20.2 Å². The molecule has 3 aromatic rings. The molecule has 0 unspecified atom stereocenters. The Morgan fingerprint density at radius 1 is 1.00 bits per heavy atom. The molecular weight excluding hydrogens is 501 g/mol. The van der Waals surface area contributed by atoms with E-state index in [1.807, 2.05) is 50.2 Å². The van der Waals surface area contributed by atoms with E-state index in [0.29, 0.717) is 22.9 Å². The Hall–Kier alpha value is -3.29. The molecule has 0 heterocycles. The van der Waals surface area contributed by atoms with Gasteiger partial charge in [-0.1, -0.05) is 67.4 Å². The summed E-state index contributed by atoms with van der Waals surface area (Å²) < 4.78 is 11.1. The first kappa shape index (κ1) is 27.3. The molecule has 0 spiro atoms. The number of carbonyl (C=O) groups excluding carboxylic acids is 2. The molecule has 9 heteroatoms. The van der Waals surface area contributed by atoms with Crippen LogP contribution in [0.3, 0.4) is 0 Å². The third-order valence-electron chi connectivity index (χ3n) is 5.43. The van der Waals surface area contributed by atoms with Crippen LogP contribution in [0.15, 0.2) is 59.7 Å². The van der Waals surface area contributed by atoms with E-state index in [1.54, 1.807) is 32.4 Å².